The molecule has 27 heavy (non-hydrogen) atoms. The van der Waals surface area contributed by atoms with E-state index in [9.17, 15) is 9.18 Å². The van der Waals surface area contributed by atoms with Crippen LogP contribution in [-0.4, -0.2) is 20.7 Å². The van der Waals surface area contributed by atoms with Gasteiger partial charge in [0.25, 0.3) is 11.8 Å². The van der Waals surface area contributed by atoms with Crippen LogP contribution in [0.5, 0.6) is 0 Å². The van der Waals surface area contributed by atoms with Crippen molar-refractivity contribution in [3.05, 3.63) is 65.4 Å². The van der Waals surface area contributed by atoms with Gasteiger partial charge in [-0.3, -0.25) is 9.78 Å². The number of oxazole rings is 1. The smallest absolute Gasteiger partial charge is 0.276 e. The van der Waals surface area contributed by atoms with Gasteiger partial charge >= 0.3 is 0 Å². The molecule has 0 spiro atoms. The highest BCUT2D eigenvalue weighted by atomic mass is 19.1. The lowest BCUT2D eigenvalue weighted by Gasteiger charge is -2.28. The van der Waals surface area contributed by atoms with Crippen LogP contribution in [0.25, 0.3) is 11.3 Å². The van der Waals surface area contributed by atoms with E-state index in [0.717, 1.165) is 18.5 Å². The lowest BCUT2D eigenvalue weighted by molar-refractivity contribution is 0.0809. The first-order valence-electron chi connectivity index (χ1n) is 8.57. The Morgan fingerprint density at radius 2 is 2.04 bits per heavy atom. The number of aryl methyl sites for hydroxylation is 1. The second-order valence-electron chi connectivity index (χ2n) is 7.03. The number of rotatable bonds is 1. The maximum atomic E-state index is 14.0. The summed E-state index contributed by atoms with van der Waals surface area (Å²) in [6.07, 6.45) is 4.56. The van der Waals surface area contributed by atoms with Crippen LogP contribution >= 0.6 is 0 Å². The summed E-state index contributed by atoms with van der Waals surface area (Å²) in [5.41, 5.74) is 2.02. The molecule has 0 bridgehead atoms. The minimum absolute atomic E-state index is 0.00127. The Hall–Kier alpha value is -3.33. The Morgan fingerprint density at radius 3 is 2.81 bits per heavy atom. The van der Waals surface area contributed by atoms with Gasteiger partial charge in [0.15, 0.2) is 11.5 Å². The molecule has 134 valence electrons. The molecule has 0 saturated heterocycles. The molecule has 0 N–H and O–H groups in total. The lowest BCUT2D eigenvalue weighted by atomic mass is 9.75. The van der Waals surface area contributed by atoms with Gasteiger partial charge in [-0.05, 0) is 48.9 Å². The van der Waals surface area contributed by atoms with Gasteiger partial charge in [-0.1, -0.05) is 13.8 Å². The second kappa shape index (κ2) is 6.44. The van der Waals surface area contributed by atoms with Crippen molar-refractivity contribution in [2.24, 2.45) is 5.41 Å². The number of ketones is 1. The summed E-state index contributed by atoms with van der Waals surface area (Å²) in [4.78, 5) is 24.6. The summed E-state index contributed by atoms with van der Waals surface area (Å²) in [7, 11) is 0. The number of hydrogen-bond acceptors (Lipinski definition) is 5. The van der Waals surface area contributed by atoms with Crippen molar-refractivity contribution in [3.8, 4) is 23.2 Å². The first-order valence-corrected chi connectivity index (χ1v) is 8.57. The van der Waals surface area contributed by atoms with E-state index in [0.29, 0.717) is 16.8 Å². The SMILES string of the molecule is CC1(C)CCc2nc(C#Cc3nc(F)c(-c4cccnc4)o3)ccc2C1=O. The van der Waals surface area contributed by atoms with Crippen molar-refractivity contribution in [1.29, 1.82) is 0 Å². The Morgan fingerprint density at radius 1 is 1.19 bits per heavy atom. The molecular weight excluding hydrogens is 345 g/mol. The molecule has 0 atom stereocenters. The Labute approximate surface area is 155 Å². The molecule has 0 radical (unpaired) electrons. The molecular formula is C21H16FN3O2. The number of Topliss-reactive ketones (excluding diaryl/α,β-unsaturated/α-hetero) is 1. The standard InChI is InChI=1S/C21H16FN3O2/c1-21(2)10-9-16-15(19(21)26)7-5-14(24-16)6-8-17-25-20(22)18(27-17)13-4-3-11-23-12-13/h3-5,7,11-12H,9-10H2,1-2H3. The van der Waals surface area contributed by atoms with E-state index in [1.54, 1.807) is 30.5 Å². The molecule has 3 aromatic rings. The zero-order valence-corrected chi connectivity index (χ0v) is 14.9. The maximum absolute atomic E-state index is 14.0. The van der Waals surface area contributed by atoms with Gasteiger partial charge in [0.1, 0.15) is 5.69 Å². The Kier molecular flexibility index (Phi) is 4.08. The van der Waals surface area contributed by atoms with E-state index in [-0.39, 0.29) is 22.8 Å². The van der Waals surface area contributed by atoms with Gasteiger partial charge in [0.05, 0.1) is 5.69 Å². The van der Waals surface area contributed by atoms with E-state index in [2.05, 4.69) is 26.8 Å². The third-order valence-corrected chi connectivity index (χ3v) is 4.63. The number of pyridine rings is 2. The molecule has 0 aliphatic heterocycles. The van der Waals surface area contributed by atoms with Crippen LogP contribution in [0, 0.1) is 23.2 Å². The molecule has 6 heteroatoms. The van der Waals surface area contributed by atoms with Gasteiger partial charge in [0.2, 0.25) is 0 Å². The molecule has 0 unspecified atom stereocenters. The van der Waals surface area contributed by atoms with Gasteiger partial charge < -0.3 is 4.42 Å². The van der Waals surface area contributed by atoms with Gasteiger partial charge in [-0.15, -0.1) is 0 Å². The van der Waals surface area contributed by atoms with Crippen molar-refractivity contribution in [2.75, 3.05) is 0 Å². The minimum Gasteiger partial charge on any atom is -0.427 e. The molecule has 1 aliphatic rings. The molecule has 0 amide bonds. The molecule has 4 rings (SSSR count). The number of halogens is 1. The van der Waals surface area contributed by atoms with E-state index in [4.69, 9.17) is 4.42 Å². The molecule has 0 aromatic carbocycles. The molecule has 3 aromatic heterocycles. The van der Waals surface area contributed by atoms with Crippen LogP contribution in [0.15, 0.2) is 41.1 Å². The van der Waals surface area contributed by atoms with Crippen molar-refractivity contribution in [2.45, 2.75) is 26.7 Å². The van der Waals surface area contributed by atoms with Gasteiger partial charge in [-0.25, -0.2) is 4.98 Å². The summed E-state index contributed by atoms with van der Waals surface area (Å²) in [5.74, 6) is 4.84. The highest BCUT2D eigenvalue weighted by Crippen LogP contribution is 2.33. The van der Waals surface area contributed by atoms with E-state index in [1.165, 1.54) is 6.20 Å². The van der Waals surface area contributed by atoms with E-state index in [1.807, 2.05) is 13.8 Å². The molecule has 1 aliphatic carbocycles. The summed E-state index contributed by atoms with van der Waals surface area (Å²) < 4.78 is 19.4. The fourth-order valence-electron chi connectivity index (χ4n) is 3.02. The summed E-state index contributed by atoms with van der Waals surface area (Å²) in [6, 6.07) is 6.80. The van der Waals surface area contributed by atoms with E-state index >= 15 is 0 Å². The predicted molar refractivity (Wildman–Crippen MR) is 96.3 cm³/mol. The summed E-state index contributed by atoms with van der Waals surface area (Å²) >= 11 is 0. The summed E-state index contributed by atoms with van der Waals surface area (Å²) in [6.45, 7) is 3.89. The molecule has 3 heterocycles. The fourth-order valence-corrected chi connectivity index (χ4v) is 3.02. The van der Waals surface area contributed by atoms with Crippen molar-refractivity contribution >= 4 is 5.78 Å². The van der Waals surface area contributed by atoms with Crippen LogP contribution in [0.3, 0.4) is 0 Å². The molecule has 5 nitrogen and oxygen atoms in total. The van der Waals surface area contributed by atoms with Crippen LogP contribution in [-0.2, 0) is 6.42 Å². The van der Waals surface area contributed by atoms with Crippen molar-refractivity contribution in [3.63, 3.8) is 0 Å². The predicted octanol–water partition coefficient (Wildman–Crippen LogP) is 3.83. The molecule has 0 fully saturated rings. The fraction of sp³-hybridized carbons (Fsp3) is 0.238. The highest BCUT2D eigenvalue weighted by molar-refractivity contribution is 6.01. The first kappa shape index (κ1) is 17.1. The van der Waals surface area contributed by atoms with E-state index < -0.39 is 5.95 Å². The van der Waals surface area contributed by atoms with Crippen molar-refractivity contribution in [1.82, 2.24) is 15.0 Å². The zero-order chi connectivity index (χ0) is 19.0. The van der Waals surface area contributed by atoms with Gasteiger partial charge in [0, 0.05) is 28.9 Å². The van der Waals surface area contributed by atoms with Crippen molar-refractivity contribution < 1.29 is 13.6 Å². The van der Waals surface area contributed by atoms with Crippen LogP contribution in [0.1, 0.15) is 47.9 Å². The largest absolute Gasteiger partial charge is 0.427 e. The third kappa shape index (κ3) is 3.24. The van der Waals surface area contributed by atoms with Crippen LogP contribution < -0.4 is 0 Å². The lowest BCUT2D eigenvalue weighted by Crippen LogP contribution is -2.31. The minimum atomic E-state index is -0.737. The average molecular weight is 361 g/mol. The number of aromatic nitrogens is 3. The normalized spacial score (nSPS) is 15.0. The molecule has 0 saturated carbocycles. The summed E-state index contributed by atoms with van der Waals surface area (Å²) in [5, 5.41) is 0. The van der Waals surface area contributed by atoms with Gasteiger partial charge in [-0.2, -0.15) is 9.37 Å². The number of hydrogen-bond donors (Lipinski definition) is 0. The van der Waals surface area contributed by atoms with Crippen LogP contribution in [0.2, 0.25) is 0 Å². The number of fused-ring (bicyclic) bond motifs is 1. The topological polar surface area (TPSA) is 68.9 Å². The van der Waals surface area contributed by atoms with Crippen LogP contribution in [0.4, 0.5) is 4.39 Å². The Balaban J connectivity index is 1.62. The number of carbonyl (C=O) groups is 1. The monoisotopic (exact) mass is 361 g/mol. The zero-order valence-electron chi connectivity index (χ0n) is 14.9. The highest BCUT2D eigenvalue weighted by Gasteiger charge is 2.34. The number of nitrogens with zero attached hydrogens (tertiary/aromatic N) is 3. The number of carbonyl (C=O) groups excluding carboxylic acids is 1. The average Bonchev–Trinajstić information content (AvgIpc) is 3.05. The quantitative estimate of drug-likeness (QED) is 0.616. The Bertz CT molecular complexity index is 1090. The third-order valence-electron chi connectivity index (χ3n) is 4.63. The second-order valence-corrected chi connectivity index (χ2v) is 7.03. The maximum Gasteiger partial charge on any atom is 0.276 e. The first-order chi connectivity index (χ1) is 12.9.